The van der Waals surface area contributed by atoms with Crippen LogP contribution in [-0.2, 0) is 4.79 Å². The van der Waals surface area contributed by atoms with E-state index in [9.17, 15) is 4.79 Å². The Hall–Kier alpha value is -2.21. The zero-order chi connectivity index (χ0) is 13.8. The Kier molecular flexibility index (Phi) is 3.73. The molecule has 0 bridgehead atoms. The zero-order valence-electron chi connectivity index (χ0n) is 11.1. The average molecular weight is 271 g/mol. The maximum absolute atomic E-state index is 12.3. The number of nitrogens with zero attached hydrogens (tertiary/aromatic N) is 3. The first-order valence-corrected chi connectivity index (χ1v) is 6.80. The number of rotatable bonds is 3. The van der Waals surface area contributed by atoms with Crippen LogP contribution in [0.15, 0.2) is 36.9 Å². The third kappa shape index (κ3) is 2.70. The van der Waals surface area contributed by atoms with Gasteiger partial charge in [-0.1, -0.05) is 12.1 Å². The molecule has 1 aromatic carbocycles. The lowest BCUT2D eigenvalue weighted by Gasteiger charge is -2.22. The number of piperidine rings is 1. The average Bonchev–Trinajstić information content (AvgIpc) is 3.03. The summed E-state index contributed by atoms with van der Waals surface area (Å²) in [6.45, 7) is 1.75. The van der Waals surface area contributed by atoms with Gasteiger partial charge in [0.1, 0.15) is 12.7 Å². The van der Waals surface area contributed by atoms with Crippen LogP contribution in [0, 0.1) is 5.92 Å². The Labute approximate surface area is 117 Å². The van der Waals surface area contributed by atoms with Crippen LogP contribution in [0.1, 0.15) is 12.8 Å². The summed E-state index contributed by atoms with van der Waals surface area (Å²) in [6, 6.07) is 7.60. The summed E-state index contributed by atoms with van der Waals surface area (Å²) in [5.74, 6) is 0.0947. The van der Waals surface area contributed by atoms with Gasteiger partial charge < -0.3 is 10.6 Å². The Balaban J connectivity index is 1.79. The molecular formula is C14H17N5O. The molecular weight excluding hydrogens is 254 g/mol. The van der Waals surface area contributed by atoms with Crippen LogP contribution in [0.2, 0.25) is 0 Å². The number of anilines is 1. The van der Waals surface area contributed by atoms with Crippen molar-refractivity contribution >= 4 is 11.6 Å². The molecule has 1 aromatic heterocycles. The fraction of sp³-hybridized carbons (Fsp3) is 0.357. The van der Waals surface area contributed by atoms with Crippen LogP contribution < -0.4 is 10.6 Å². The van der Waals surface area contributed by atoms with Crippen molar-refractivity contribution in [3.63, 3.8) is 0 Å². The Morgan fingerprint density at radius 3 is 3.05 bits per heavy atom. The van der Waals surface area contributed by atoms with E-state index in [0.717, 1.165) is 37.3 Å². The quantitative estimate of drug-likeness (QED) is 0.880. The molecule has 1 aliphatic rings. The van der Waals surface area contributed by atoms with Crippen molar-refractivity contribution in [2.45, 2.75) is 12.8 Å². The van der Waals surface area contributed by atoms with Gasteiger partial charge in [0.05, 0.1) is 17.3 Å². The standard InChI is InChI=1S/C14H17N5O/c20-14(11-4-3-7-15-8-11)18-12-5-1-2-6-13(12)19-10-16-9-17-19/h1-2,5-6,9-11,15H,3-4,7-8H2,(H,18,20)/t11-/m0/s1. The number of aromatic nitrogens is 3. The molecule has 0 radical (unpaired) electrons. The highest BCUT2D eigenvalue weighted by Crippen LogP contribution is 2.20. The molecule has 1 fully saturated rings. The number of para-hydroxylation sites is 2. The van der Waals surface area contributed by atoms with E-state index in [2.05, 4.69) is 20.7 Å². The summed E-state index contributed by atoms with van der Waals surface area (Å²) in [6.07, 6.45) is 5.07. The highest BCUT2D eigenvalue weighted by atomic mass is 16.1. The van der Waals surface area contributed by atoms with Crippen LogP contribution >= 0.6 is 0 Å². The van der Waals surface area contributed by atoms with E-state index in [-0.39, 0.29) is 11.8 Å². The first-order valence-electron chi connectivity index (χ1n) is 6.80. The van der Waals surface area contributed by atoms with Gasteiger partial charge in [0.25, 0.3) is 0 Å². The van der Waals surface area contributed by atoms with Gasteiger partial charge in [0.2, 0.25) is 5.91 Å². The molecule has 1 aliphatic heterocycles. The Bertz CT molecular complexity index is 575. The number of nitrogens with one attached hydrogen (secondary N) is 2. The Morgan fingerprint density at radius 1 is 1.40 bits per heavy atom. The fourth-order valence-electron chi connectivity index (χ4n) is 2.42. The zero-order valence-corrected chi connectivity index (χ0v) is 11.1. The van der Waals surface area contributed by atoms with Gasteiger partial charge in [-0.15, -0.1) is 0 Å². The molecule has 2 heterocycles. The van der Waals surface area contributed by atoms with Crippen LogP contribution in [0.25, 0.3) is 5.69 Å². The van der Waals surface area contributed by atoms with Crippen molar-refractivity contribution in [2.75, 3.05) is 18.4 Å². The summed E-state index contributed by atoms with van der Waals surface area (Å²) < 4.78 is 1.65. The van der Waals surface area contributed by atoms with E-state index in [1.807, 2.05) is 24.3 Å². The third-order valence-corrected chi connectivity index (χ3v) is 3.50. The van der Waals surface area contributed by atoms with Gasteiger partial charge in [-0.3, -0.25) is 4.79 Å². The molecule has 0 aliphatic carbocycles. The minimum absolute atomic E-state index is 0.0348. The van der Waals surface area contributed by atoms with E-state index < -0.39 is 0 Å². The molecule has 1 atom stereocenters. The van der Waals surface area contributed by atoms with E-state index >= 15 is 0 Å². The third-order valence-electron chi connectivity index (χ3n) is 3.50. The van der Waals surface area contributed by atoms with E-state index in [1.165, 1.54) is 6.33 Å². The monoisotopic (exact) mass is 271 g/mol. The summed E-state index contributed by atoms with van der Waals surface area (Å²) in [5.41, 5.74) is 1.58. The lowest BCUT2D eigenvalue weighted by atomic mass is 9.99. The molecule has 104 valence electrons. The number of carbonyl (C=O) groups excluding carboxylic acids is 1. The van der Waals surface area contributed by atoms with Gasteiger partial charge >= 0.3 is 0 Å². The molecule has 0 spiro atoms. The van der Waals surface area contributed by atoms with Crippen LogP contribution in [0.5, 0.6) is 0 Å². The molecule has 20 heavy (non-hydrogen) atoms. The SMILES string of the molecule is O=C(Nc1ccccc1-n1cncn1)[C@H]1CCCNC1. The van der Waals surface area contributed by atoms with Gasteiger partial charge in [-0.05, 0) is 31.5 Å². The van der Waals surface area contributed by atoms with Crippen LogP contribution in [0.3, 0.4) is 0 Å². The van der Waals surface area contributed by atoms with Crippen molar-refractivity contribution in [2.24, 2.45) is 5.92 Å². The van der Waals surface area contributed by atoms with Crippen molar-refractivity contribution in [1.82, 2.24) is 20.1 Å². The van der Waals surface area contributed by atoms with Gasteiger partial charge in [0, 0.05) is 6.54 Å². The molecule has 3 rings (SSSR count). The minimum Gasteiger partial charge on any atom is -0.324 e. The second-order valence-electron chi connectivity index (χ2n) is 4.89. The summed E-state index contributed by atoms with van der Waals surface area (Å²) in [5, 5.41) is 10.4. The summed E-state index contributed by atoms with van der Waals surface area (Å²) in [7, 11) is 0. The summed E-state index contributed by atoms with van der Waals surface area (Å²) >= 11 is 0. The highest BCUT2D eigenvalue weighted by molar-refractivity contribution is 5.94. The maximum Gasteiger partial charge on any atom is 0.228 e. The van der Waals surface area contributed by atoms with E-state index in [4.69, 9.17) is 0 Å². The molecule has 1 amide bonds. The van der Waals surface area contributed by atoms with Gasteiger partial charge in [-0.2, -0.15) is 5.10 Å². The summed E-state index contributed by atoms with van der Waals surface area (Å²) in [4.78, 5) is 16.2. The number of amides is 1. The minimum atomic E-state index is 0.0348. The molecule has 2 aromatic rings. The normalized spacial score (nSPS) is 18.7. The van der Waals surface area contributed by atoms with Crippen LogP contribution in [0.4, 0.5) is 5.69 Å². The fourth-order valence-corrected chi connectivity index (χ4v) is 2.42. The predicted octanol–water partition coefficient (Wildman–Crippen LogP) is 1.21. The first kappa shape index (κ1) is 12.8. The Morgan fingerprint density at radius 2 is 2.30 bits per heavy atom. The number of hydrogen-bond acceptors (Lipinski definition) is 4. The second-order valence-corrected chi connectivity index (χ2v) is 4.89. The van der Waals surface area contributed by atoms with Crippen molar-refractivity contribution < 1.29 is 4.79 Å². The lowest BCUT2D eigenvalue weighted by Crippen LogP contribution is -2.37. The molecule has 0 unspecified atom stereocenters. The molecule has 6 nitrogen and oxygen atoms in total. The van der Waals surface area contributed by atoms with E-state index in [0.29, 0.717) is 0 Å². The van der Waals surface area contributed by atoms with E-state index in [1.54, 1.807) is 11.0 Å². The number of hydrogen-bond donors (Lipinski definition) is 2. The smallest absolute Gasteiger partial charge is 0.228 e. The van der Waals surface area contributed by atoms with Gasteiger partial charge in [0.15, 0.2) is 0 Å². The topological polar surface area (TPSA) is 71.8 Å². The molecule has 6 heteroatoms. The highest BCUT2D eigenvalue weighted by Gasteiger charge is 2.21. The maximum atomic E-state index is 12.3. The first-order chi connectivity index (χ1) is 9.84. The van der Waals surface area contributed by atoms with Crippen LogP contribution in [-0.4, -0.2) is 33.8 Å². The molecule has 2 N–H and O–H groups in total. The lowest BCUT2D eigenvalue weighted by molar-refractivity contribution is -0.120. The second kappa shape index (κ2) is 5.83. The largest absolute Gasteiger partial charge is 0.324 e. The molecule has 1 saturated heterocycles. The predicted molar refractivity (Wildman–Crippen MR) is 75.6 cm³/mol. The molecule has 0 saturated carbocycles. The van der Waals surface area contributed by atoms with Gasteiger partial charge in [-0.25, -0.2) is 9.67 Å². The number of benzene rings is 1. The van der Waals surface area contributed by atoms with Crippen molar-refractivity contribution in [3.8, 4) is 5.69 Å². The van der Waals surface area contributed by atoms with Crippen molar-refractivity contribution in [3.05, 3.63) is 36.9 Å². The number of carbonyl (C=O) groups is 1. The van der Waals surface area contributed by atoms with Crippen molar-refractivity contribution in [1.29, 1.82) is 0 Å².